The number of ether oxygens (including phenoxy) is 2. The Morgan fingerprint density at radius 2 is 0.925 bits per heavy atom. The Balaban J connectivity index is 4.10. The van der Waals surface area contributed by atoms with E-state index in [4.69, 9.17) is 18.5 Å². The molecule has 0 aromatic rings. The summed E-state index contributed by atoms with van der Waals surface area (Å²) in [5.74, 6) is -0.819. The smallest absolute Gasteiger partial charge is 0.462 e. The van der Waals surface area contributed by atoms with Gasteiger partial charge in [0.1, 0.15) is 6.61 Å². The summed E-state index contributed by atoms with van der Waals surface area (Å²) >= 11 is 0. The van der Waals surface area contributed by atoms with Crippen molar-refractivity contribution in [3.05, 3.63) is 48.6 Å². The number of hydrogen-bond acceptors (Lipinski definition) is 7. The standard InChI is InChI=1S/C44H79O8P/c1-4-7-9-11-13-15-17-19-21-22-23-24-25-27-29-31-33-35-37-39-44(46)52-42(41-51-53(47,48)50-6-3)40-49-43(45)38-36-34-32-30-28-26-20-18-16-14-12-10-8-5-2/h12-15,18-21,42H,4-11,16-17,22-41H2,1-3H3,(H,47,48)/b14-12-,15-13-,20-18-,21-19-. The van der Waals surface area contributed by atoms with Gasteiger partial charge in [0.05, 0.1) is 13.2 Å². The van der Waals surface area contributed by atoms with Crippen molar-refractivity contribution in [1.82, 2.24) is 0 Å². The second-order valence-corrected chi connectivity index (χ2v) is 15.5. The molecular weight excluding hydrogens is 687 g/mol. The van der Waals surface area contributed by atoms with Gasteiger partial charge in [-0.1, -0.05) is 152 Å². The van der Waals surface area contributed by atoms with Crippen molar-refractivity contribution in [2.75, 3.05) is 19.8 Å². The third kappa shape index (κ3) is 39.5. The summed E-state index contributed by atoms with van der Waals surface area (Å²) in [4.78, 5) is 34.7. The van der Waals surface area contributed by atoms with Gasteiger partial charge in [0.25, 0.3) is 0 Å². The van der Waals surface area contributed by atoms with Crippen LogP contribution in [0.5, 0.6) is 0 Å². The number of unbranched alkanes of at least 4 members (excludes halogenated alkanes) is 19. The largest absolute Gasteiger partial charge is 0.472 e. The number of carbonyl (C=O) groups excluding carboxylic acids is 2. The second kappa shape index (κ2) is 39.7. The molecule has 53 heavy (non-hydrogen) atoms. The molecule has 2 atom stereocenters. The van der Waals surface area contributed by atoms with Crippen LogP contribution in [0.1, 0.15) is 194 Å². The van der Waals surface area contributed by atoms with Gasteiger partial charge in [-0.05, 0) is 77.6 Å². The number of allylic oxidation sites excluding steroid dienone is 8. The number of esters is 2. The molecular formula is C44H79O8P. The Labute approximate surface area is 325 Å². The molecule has 0 bridgehead atoms. The molecule has 0 rings (SSSR count). The van der Waals surface area contributed by atoms with E-state index in [1.165, 1.54) is 77.0 Å². The highest BCUT2D eigenvalue weighted by atomic mass is 31.2. The fraction of sp³-hybridized carbons (Fsp3) is 0.773. The maximum absolute atomic E-state index is 12.6. The molecule has 0 aliphatic heterocycles. The molecule has 2 unspecified atom stereocenters. The SMILES string of the molecule is CCCC/C=C\C/C=C\CCCCCCCC(=O)OCC(COP(=O)(O)OCC)OC(=O)CCCCCCCCCCC/C=C\C/C=C\CCCCC. The van der Waals surface area contributed by atoms with E-state index in [0.29, 0.717) is 6.42 Å². The first-order chi connectivity index (χ1) is 25.8. The second-order valence-electron chi connectivity index (χ2n) is 14.0. The molecule has 0 fully saturated rings. The summed E-state index contributed by atoms with van der Waals surface area (Å²) in [6.45, 7) is 5.39. The van der Waals surface area contributed by atoms with Gasteiger partial charge in [-0.15, -0.1) is 0 Å². The van der Waals surface area contributed by atoms with Gasteiger partial charge in [-0.25, -0.2) is 4.57 Å². The van der Waals surface area contributed by atoms with Gasteiger partial charge in [0, 0.05) is 12.8 Å². The molecule has 8 nitrogen and oxygen atoms in total. The first-order valence-corrected chi connectivity index (χ1v) is 22.9. The summed E-state index contributed by atoms with van der Waals surface area (Å²) in [7, 11) is -4.28. The Hall–Kier alpha value is -1.99. The highest BCUT2D eigenvalue weighted by Crippen LogP contribution is 2.43. The van der Waals surface area contributed by atoms with Crippen LogP contribution in [0.15, 0.2) is 48.6 Å². The lowest BCUT2D eigenvalue weighted by Gasteiger charge is -2.19. The van der Waals surface area contributed by atoms with Crippen LogP contribution in [0.25, 0.3) is 0 Å². The predicted molar refractivity (Wildman–Crippen MR) is 221 cm³/mol. The Bertz CT molecular complexity index is 1010. The van der Waals surface area contributed by atoms with Crippen molar-refractivity contribution in [3.63, 3.8) is 0 Å². The summed E-state index contributed by atoms with van der Waals surface area (Å²) in [6.07, 6.45) is 45.9. The summed E-state index contributed by atoms with van der Waals surface area (Å²) < 4.78 is 32.6. The third-order valence-electron chi connectivity index (χ3n) is 8.86. The molecule has 0 spiro atoms. The maximum atomic E-state index is 12.6. The number of rotatable bonds is 39. The summed E-state index contributed by atoms with van der Waals surface area (Å²) in [6, 6.07) is 0. The number of hydrogen-bond donors (Lipinski definition) is 1. The van der Waals surface area contributed by atoms with Crippen molar-refractivity contribution in [2.24, 2.45) is 0 Å². The lowest BCUT2D eigenvalue weighted by molar-refractivity contribution is -0.161. The van der Waals surface area contributed by atoms with Crippen molar-refractivity contribution in [2.45, 2.75) is 200 Å². The zero-order valence-electron chi connectivity index (χ0n) is 34.2. The molecule has 0 aromatic carbocycles. The van der Waals surface area contributed by atoms with Gasteiger partial charge >= 0.3 is 19.8 Å². The predicted octanol–water partition coefficient (Wildman–Crippen LogP) is 13.4. The van der Waals surface area contributed by atoms with Gasteiger partial charge in [-0.3, -0.25) is 18.6 Å². The van der Waals surface area contributed by atoms with Crippen LogP contribution in [0.2, 0.25) is 0 Å². The molecule has 308 valence electrons. The van der Waals surface area contributed by atoms with E-state index in [1.807, 2.05) is 0 Å². The van der Waals surface area contributed by atoms with Crippen molar-refractivity contribution in [1.29, 1.82) is 0 Å². The minimum Gasteiger partial charge on any atom is -0.462 e. The summed E-state index contributed by atoms with van der Waals surface area (Å²) in [5, 5.41) is 0. The van der Waals surface area contributed by atoms with E-state index < -0.39 is 26.5 Å². The molecule has 9 heteroatoms. The van der Waals surface area contributed by atoms with Crippen LogP contribution in [0.4, 0.5) is 0 Å². The average Bonchev–Trinajstić information content (AvgIpc) is 3.13. The number of carbonyl (C=O) groups is 2. The maximum Gasteiger partial charge on any atom is 0.472 e. The van der Waals surface area contributed by atoms with Crippen LogP contribution in [-0.4, -0.2) is 42.8 Å². The molecule has 1 N–H and O–H groups in total. The molecule has 0 amide bonds. The van der Waals surface area contributed by atoms with Gasteiger partial charge in [0.15, 0.2) is 6.10 Å². The molecule has 0 aromatic heterocycles. The molecule has 0 saturated carbocycles. The van der Waals surface area contributed by atoms with Crippen LogP contribution in [0.3, 0.4) is 0 Å². The first-order valence-electron chi connectivity index (χ1n) is 21.4. The van der Waals surface area contributed by atoms with Crippen LogP contribution in [0, 0.1) is 0 Å². The van der Waals surface area contributed by atoms with Crippen molar-refractivity contribution in [3.8, 4) is 0 Å². The van der Waals surface area contributed by atoms with E-state index in [0.717, 1.165) is 77.0 Å². The molecule has 0 saturated heterocycles. The lowest BCUT2D eigenvalue weighted by Crippen LogP contribution is -2.29. The topological polar surface area (TPSA) is 108 Å². The normalized spacial score (nSPS) is 13.8. The van der Waals surface area contributed by atoms with Gasteiger partial charge in [-0.2, -0.15) is 0 Å². The van der Waals surface area contributed by atoms with Crippen LogP contribution >= 0.6 is 7.82 Å². The van der Waals surface area contributed by atoms with E-state index in [1.54, 1.807) is 6.92 Å². The number of phosphoric ester groups is 1. The Morgan fingerprint density at radius 3 is 1.40 bits per heavy atom. The zero-order valence-corrected chi connectivity index (χ0v) is 35.1. The monoisotopic (exact) mass is 767 g/mol. The molecule has 0 aliphatic carbocycles. The fourth-order valence-corrected chi connectivity index (χ4v) is 6.43. The van der Waals surface area contributed by atoms with Crippen molar-refractivity contribution >= 4 is 19.8 Å². The van der Waals surface area contributed by atoms with Gasteiger partial charge < -0.3 is 14.4 Å². The van der Waals surface area contributed by atoms with E-state index >= 15 is 0 Å². The highest BCUT2D eigenvalue weighted by Gasteiger charge is 2.25. The van der Waals surface area contributed by atoms with E-state index in [2.05, 4.69) is 62.5 Å². The fourth-order valence-electron chi connectivity index (χ4n) is 5.68. The minimum absolute atomic E-state index is 0.00409. The summed E-state index contributed by atoms with van der Waals surface area (Å²) in [5.41, 5.74) is 0. The molecule has 0 heterocycles. The molecule has 0 aliphatic rings. The van der Waals surface area contributed by atoms with Crippen LogP contribution in [-0.2, 0) is 32.7 Å². The Kier molecular flexibility index (Phi) is 38.2. The van der Waals surface area contributed by atoms with E-state index in [9.17, 15) is 19.0 Å². The highest BCUT2D eigenvalue weighted by molar-refractivity contribution is 7.47. The quantitative estimate of drug-likeness (QED) is 0.0285. The number of phosphoric acid groups is 1. The molecule has 0 radical (unpaired) electrons. The lowest BCUT2D eigenvalue weighted by atomic mass is 10.1. The van der Waals surface area contributed by atoms with Gasteiger partial charge in [0.2, 0.25) is 0 Å². The first kappa shape index (κ1) is 51.0. The van der Waals surface area contributed by atoms with Crippen molar-refractivity contribution < 1.29 is 37.6 Å². The van der Waals surface area contributed by atoms with E-state index in [-0.39, 0.29) is 32.0 Å². The minimum atomic E-state index is -4.28. The Morgan fingerprint density at radius 1 is 0.509 bits per heavy atom. The zero-order chi connectivity index (χ0) is 38.9. The third-order valence-corrected chi connectivity index (χ3v) is 9.92. The average molecular weight is 767 g/mol. The van der Waals surface area contributed by atoms with Crippen LogP contribution < -0.4 is 0 Å².